The molecule has 0 radical (unpaired) electrons. The lowest BCUT2D eigenvalue weighted by Crippen LogP contribution is -2.26. The van der Waals surface area contributed by atoms with Crippen LogP contribution in [0.5, 0.6) is 5.75 Å². The average molecular weight is 259 g/mol. The molecule has 0 unspecified atom stereocenters. The molecule has 3 N–H and O–H groups in total. The molecule has 0 fully saturated rings. The van der Waals surface area contributed by atoms with E-state index in [2.05, 4.69) is 21.2 Å². The molecule has 0 bridgehead atoms. The maximum absolute atomic E-state index is 5.53. The fourth-order valence-corrected chi connectivity index (χ4v) is 1.42. The van der Waals surface area contributed by atoms with Gasteiger partial charge in [0.25, 0.3) is 0 Å². The van der Waals surface area contributed by atoms with Crippen LogP contribution >= 0.6 is 15.9 Å². The van der Waals surface area contributed by atoms with Gasteiger partial charge in [0.1, 0.15) is 12.4 Å². The fraction of sp³-hybridized carbons (Fsp3) is 0.400. The van der Waals surface area contributed by atoms with Crippen LogP contribution in [0.4, 0.5) is 0 Å². The highest BCUT2D eigenvalue weighted by Crippen LogP contribution is 2.23. The van der Waals surface area contributed by atoms with E-state index in [1.165, 1.54) is 0 Å². The number of para-hydroxylation sites is 1. The van der Waals surface area contributed by atoms with Gasteiger partial charge in [-0.25, -0.2) is 0 Å². The van der Waals surface area contributed by atoms with Crippen LogP contribution in [0.1, 0.15) is 0 Å². The predicted molar refractivity (Wildman–Crippen MR) is 61.6 cm³/mol. The highest BCUT2D eigenvalue weighted by molar-refractivity contribution is 9.10. The lowest BCUT2D eigenvalue weighted by atomic mass is 10.3. The van der Waals surface area contributed by atoms with E-state index in [-0.39, 0.29) is 0 Å². The van der Waals surface area contributed by atoms with Crippen molar-refractivity contribution >= 4 is 15.9 Å². The molecular formula is C10H15BrN2O. The van der Waals surface area contributed by atoms with Gasteiger partial charge in [0.15, 0.2) is 0 Å². The maximum atomic E-state index is 5.53. The molecular weight excluding hydrogens is 244 g/mol. The lowest BCUT2D eigenvalue weighted by molar-refractivity contribution is 0.313. The summed E-state index contributed by atoms with van der Waals surface area (Å²) in [6.07, 6.45) is 0. The third-order valence-electron chi connectivity index (χ3n) is 1.69. The number of nitrogens with one attached hydrogen (secondary N) is 1. The zero-order valence-corrected chi connectivity index (χ0v) is 9.59. The molecule has 3 nitrogen and oxygen atoms in total. The standard InChI is InChI=1S/C10H15BrN2O/c11-9-3-1-2-4-10(9)14-8-7-13-6-5-12/h1-4,13H,5-8,12H2. The minimum absolute atomic E-state index is 0.655. The van der Waals surface area contributed by atoms with Gasteiger partial charge >= 0.3 is 0 Å². The van der Waals surface area contributed by atoms with Crippen LogP contribution in [0, 0.1) is 0 Å². The van der Waals surface area contributed by atoms with Crippen molar-refractivity contribution in [3.63, 3.8) is 0 Å². The van der Waals surface area contributed by atoms with Crippen LogP contribution in [0.15, 0.2) is 28.7 Å². The van der Waals surface area contributed by atoms with Crippen molar-refractivity contribution in [2.24, 2.45) is 5.73 Å². The first-order valence-electron chi connectivity index (χ1n) is 4.62. The summed E-state index contributed by atoms with van der Waals surface area (Å²) in [6.45, 7) is 2.97. The molecule has 0 saturated heterocycles. The minimum Gasteiger partial charge on any atom is -0.491 e. The van der Waals surface area contributed by atoms with Crippen LogP contribution in [-0.2, 0) is 0 Å². The van der Waals surface area contributed by atoms with Gasteiger partial charge in [-0.15, -0.1) is 0 Å². The Balaban J connectivity index is 2.21. The number of ether oxygens (including phenoxy) is 1. The smallest absolute Gasteiger partial charge is 0.133 e. The Labute approximate surface area is 92.8 Å². The van der Waals surface area contributed by atoms with E-state index in [4.69, 9.17) is 10.5 Å². The molecule has 0 heterocycles. The molecule has 0 saturated carbocycles. The van der Waals surface area contributed by atoms with E-state index in [1.54, 1.807) is 0 Å². The van der Waals surface area contributed by atoms with Crippen LogP contribution in [-0.4, -0.2) is 26.2 Å². The number of hydrogen-bond donors (Lipinski definition) is 2. The molecule has 1 aromatic carbocycles. The Hall–Kier alpha value is -0.580. The Kier molecular flexibility index (Phi) is 5.59. The molecule has 4 heteroatoms. The molecule has 0 aliphatic rings. The van der Waals surface area contributed by atoms with Crippen molar-refractivity contribution in [1.29, 1.82) is 0 Å². The monoisotopic (exact) mass is 258 g/mol. The Morgan fingerprint density at radius 1 is 1.29 bits per heavy atom. The maximum Gasteiger partial charge on any atom is 0.133 e. The van der Waals surface area contributed by atoms with E-state index in [9.17, 15) is 0 Å². The minimum atomic E-state index is 0.655. The quantitative estimate of drug-likeness (QED) is 0.759. The summed E-state index contributed by atoms with van der Waals surface area (Å²) in [4.78, 5) is 0. The van der Waals surface area contributed by atoms with E-state index in [0.717, 1.165) is 23.3 Å². The van der Waals surface area contributed by atoms with Gasteiger partial charge in [0, 0.05) is 19.6 Å². The van der Waals surface area contributed by atoms with Crippen molar-refractivity contribution in [1.82, 2.24) is 5.32 Å². The van der Waals surface area contributed by atoms with Gasteiger partial charge in [0.2, 0.25) is 0 Å². The number of halogens is 1. The zero-order valence-electron chi connectivity index (χ0n) is 8.00. The highest BCUT2D eigenvalue weighted by atomic mass is 79.9. The average Bonchev–Trinajstić information content (AvgIpc) is 2.20. The van der Waals surface area contributed by atoms with E-state index < -0.39 is 0 Å². The first-order chi connectivity index (χ1) is 6.84. The molecule has 0 amide bonds. The summed E-state index contributed by atoms with van der Waals surface area (Å²) in [6, 6.07) is 7.81. The summed E-state index contributed by atoms with van der Waals surface area (Å²) in [7, 11) is 0. The van der Waals surface area contributed by atoms with Gasteiger partial charge in [-0.1, -0.05) is 12.1 Å². The van der Waals surface area contributed by atoms with Crippen molar-refractivity contribution in [2.75, 3.05) is 26.2 Å². The summed E-state index contributed by atoms with van der Waals surface area (Å²) in [5.74, 6) is 0.877. The van der Waals surface area contributed by atoms with Gasteiger partial charge < -0.3 is 15.8 Å². The number of nitrogens with two attached hydrogens (primary N) is 1. The van der Waals surface area contributed by atoms with Crippen LogP contribution in [0.3, 0.4) is 0 Å². The topological polar surface area (TPSA) is 47.3 Å². The van der Waals surface area contributed by atoms with Gasteiger partial charge in [-0.3, -0.25) is 0 Å². The Morgan fingerprint density at radius 2 is 2.07 bits per heavy atom. The van der Waals surface area contributed by atoms with Crippen molar-refractivity contribution in [3.05, 3.63) is 28.7 Å². The number of hydrogen-bond acceptors (Lipinski definition) is 3. The number of benzene rings is 1. The first kappa shape index (κ1) is 11.5. The number of rotatable bonds is 6. The summed E-state index contributed by atoms with van der Waals surface area (Å²) in [5.41, 5.74) is 5.34. The molecule has 1 rings (SSSR count). The molecule has 1 aromatic rings. The van der Waals surface area contributed by atoms with Crippen molar-refractivity contribution in [2.45, 2.75) is 0 Å². The zero-order chi connectivity index (χ0) is 10.2. The third-order valence-corrected chi connectivity index (χ3v) is 2.35. The molecule has 0 atom stereocenters. The van der Waals surface area contributed by atoms with Crippen LogP contribution in [0.2, 0.25) is 0 Å². The molecule has 0 aliphatic heterocycles. The van der Waals surface area contributed by atoms with Gasteiger partial charge in [-0.2, -0.15) is 0 Å². The normalized spacial score (nSPS) is 10.1. The second-order valence-electron chi connectivity index (χ2n) is 2.82. The third kappa shape index (κ3) is 4.09. The van der Waals surface area contributed by atoms with Crippen molar-refractivity contribution < 1.29 is 4.74 Å². The Bertz CT molecular complexity index is 268. The summed E-state index contributed by atoms with van der Waals surface area (Å²) in [5, 5.41) is 3.16. The SMILES string of the molecule is NCCNCCOc1ccccc1Br. The predicted octanol–water partition coefficient (Wildman–Crippen LogP) is 1.38. The molecule has 14 heavy (non-hydrogen) atoms. The molecule has 0 aromatic heterocycles. The summed E-state index contributed by atoms with van der Waals surface area (Å²) < 4.78 is 6.52. The second kappa shape index (κ2) is 6.81. The fourth-order valence-electron chi connectivity index (χ4n) is 1.02. The first-order valence-corrected chi connectivity index (χ1v) is 5.42. The van der Waals surface area contributed by atoms with E-state index >= 15 is 0 Å². The van der Waals surface area contributed by atoms with E-state index in [0.29, 0.717) is 13.2 Å². The highest BCUT2D eigenvalue weighted by Gasteiger charge is 1.97. The molecule has 0 aliphatic carbocycles. The van der Waals surface area contributed by atoms with Gasteiger partial charge in [0.05, 0.1) is 4.47 Å². The summed E-state index contributed by atoms with van der Waals surface area (Å²) >= 11 is 3.41. The van der Waals surface area contributed by atoms with Crippen LogP contribution in [0.25, 0.3) is 0 Å². The van der Waals surface area contributed by atoms with Gasteiger partial charge in [-0.05, 0) is 28.1 Å². The lowest BCUT2D eigenvalue weighted by Gasteiger charge is -2.08. The van der Waals surface area contributed by atoms with E-state index in [1.807, 2.05) is 24.3 Å². The van der Waals surface area contributed by atoms with Crippen molar-refractivity contribution in [3.8, 4) is 5.75 Å². The molecule has 0 spiro atoms. The largest absolute Gasteiger partial charge is 0.491 e. The molecule has 78 valence electrons. The van der Waals surface area contributed by atoms with Crippen LogP contribution < -0.4 is 15.8 Å². The Morgan fingerprint density at radius 3 is 2.79 bits per heavy atom. The second-order valence-corrected chi connectivity index (χ2v) is 3.67.